The van der Waals surface area contributed by atoms with E-state index in [-0.39, 0.29) is 12.8 Å². The van der Waals surface area contributed by atoms with Crippen LogP contribution >= 0.6 is 0 Å². The third kappa shape index (κ3) is 5.60. The van der Waals surface area contributed by atoms with Crippen LogP contribution in [0.3, 0.4) is 0 Å². The first-order valence-electron chi connectivity index (χ1n) is 13.4. The summed E-state index contributed by atoms with van der Waals surface area (Å²) < 4.78 is 28.6. The van der Waals surface area contributed by atoms with Gasteiger partial charge in [-0.2, -0.15) is 0 Å². The van der Waals surface area contributed by atoms with Crippen molar-refractivity contribution >= 4 is 29.8 Å². The summed E-state index contributed by atoms with van der Waals surface area (Å²) in [6, 6.07) is 0. The molecule has 1 aliphatic heterocycles. The van der Waals surface area contributed by atoms with Gasteiger partial charge in [0.1, 0.15) is 24.4 Å². The lowest BCUT2D eigenvalue weighted by Gasteiger charge is -2.58. The van der Waals surface area contributed by atoms with Crippen LogP contribution in [0.4, 0.5) is 0 Å². The topological polar surface area (TPSA) is 172 Å². The Labute approximate surface area is 233 Å². The zero-order valence-electron chi connectivity index (χ0n) is 24.2. The first kappa shape index (κ1) is 31.5. The molecule has 1 heterocycles. The molecule has 3 aliphatic rings. The highest BCUT2D eigenvalue weighted by Gasteiger charge is 2.69. The third-order valence-electron chi connectivity index (χ3n) is 8.83. The van der Waals surface area contributed by atoms with Gasteiger partial charge in [0, 0.05) is 51.9 Å². The molecule has 12 heteroatoms. The van der Waals surface area contributed by atoms with Crippen LogP contribution in [0.25, 0.3) is 0 Å². The van der Waals surface area contributed by atoms with Crippen LogP contribution in [0.1, 0.15) is 68.2 Å². The van der Waals surface area contributed by atoms with E-state index in [1.807, 2.05) is 0 Å². The van der Waals surface area contributed by atoms with Crippen molar-refractivity contribution in [3.05, 3.63) is 11.6 Å². The van der Waals surface area contributed by atoms with E-state index in [9.17, 15) is 34.2 Å². The predicted molar refractivity (Wildman–Crippen MR) is 136 cm³/mol. The second kappa shape index (κ2) is 11.5. The first-order valence-corrected chi connectivity index (χ1v) is 13.4. The monoisotopic (exact) mass is 568 g/mol. The van der Waals surface area contributed by atoms with Gasteiger partial charge in [-0.05, 0) is 31.4 Å². The molecule has 11 atom stereocenters. The van der Waals surface area contributed by atoms with Crippen molar-refractivity contribution in [1.29, 1.82) is 0 Å². The van der Waals surface area contributed by atoms with Gasteiger partial charge in [0.15, 0.2) is 11.7 Å². The highest BCUT2D eigenvalue weighted by molar-refractivity contribution is 5.78. The Morgan fingerprint density at radius 2 is 1.40 bits per heavy atom. The van der Waals surface area contributed by atoms with Crippen LogP contribution < -0.4 is 0 Å². The van der Waals surface area contributed by atoms with Crippen molar-refractivity contribution in [2.45, 2.75) is 110 Å². The number of aliphatic hydroxyl groups is 2. The minimum absolute atomic E-state index is 0.0573. The van der Waals surface area contributed by atoms with Crippen molar-refractivity contribution in [3.8, 4) is 0 Å². The van der Waals surface area contributed by atoms with Gasteiger partial charge in [-0.25, -0.2) is 0 Å². The largest absolute Gasteiger partial charge is 0.462 e. The number of carbonyl (C=O) groups is 5. The molecule has 0 bridgehead atoms. The summed E-state index contributed by atoms with van der Waals surface area (Å²) in [6.07, 6.45) is -5.86. The SMILES string of the molecule is CC(=O)O[C@H]1C[C@@H](OC(C)=O)/C(C)=C\[C@@H]2OC(=O)[C@H](C)[C@]2(O)[C@H](OC(C)=O)[C@H]2[C@@H](C)[C@@H](O)C[C@H](OC(C)=O)[C@@]21C. The average molecular weight is 569 g/mol. The highest BCUT2D eigenvalue weighted by atomic mass is 16.6. The average Bonchev–Trinajstić information content (AvgIpc) is 3.03. The minimum atomic E-state index is -2.17. The number of carbonyl (C=O) groups excluding carboxylic acids is 5. The second-order valence-electron chi connectivity index (χ2n) is 11.5. The summed E-state index contributed by atoms with van der Waals surface area (Å²) in [4.78, 5) is 62.3. The quantitative estimate of drug-likeness (QED) is 0.284. The Morgan fingerprint density at radius 3 is 1.90 bits per heavy atom. The van der Waals surface area contributed by atoms with Crippen LogP contribution in [-0.2, 0) is 47.7 Å². The summed E-state index contributed by atoms with van der Waals surface area (Å²) in [5.74, 6) is -6.51. The molecule has 0 amide bonds. The fourth-order valence-electron chi connectivity index (χ4n) is 6.77. The highest BCUT2D eigenvalue weighted by Crippen LogP contribution is 2.56. The maximum Gasteiger partial charge on any atom is 0.312 e. The summed E-state index contributed by atoms with van der Waals surface area (Å²) in [5.41, 5.74) is -3.21. The van der Waals surface area contributed by atoms with Crippen molar-refractivity contribution in [2.75, 3.05) is 0 Å². The lowest BCUT2D eigenvalue weighted by molar-refractivity contribution is -0.252. The molecule has 2 fully saturated rings. The number of esters is 5. The molecule has 3 rings (SSSR count). The Morgan fingerprint density at radius 1 is 0.900 bits per heavy atom. The van der Waals surface area contributed by atoms with Gasteiger partial charge in [0.05, 0.1) is 12.0 Å². The number of ether oxygens (including phenoxy) is 5. The summed E-state index contributed by atoms with van der Waals surface area (Å²) in [7, 11) is 0. The molecule has 1 saturated carbocycles. The minimum Gasteiger partial charge on any atom is -0.462 e. The molecule has 2 aliphatic carbocycles. The van der Waals surface area contributed by atoms with Crippen molar-refractivity contribution in [2.24, 2.45) is 23.2 Å². The number of rotatable bonds is 4. The van der Waals surface area contributed by atoms with E-state index in [1.54, 1.807) is 20.8 Å². The molecular weight excluding hydrogens is 528 g/mol. The van der Waals surface area contributed by atoms with Gasteiger partial charge in [0.2, 0.25) is 0 Å². The second-order valence-corrected chi connectivity index (χ2v) is 11.5. The maximum absolute atomic E-state index is 12.9. The van der Waals surface area contributed by atoms with Crippen LogP contribution in [0.5, 0.6) is 0 Å². The number of hydrogen-bond donors (Lipinski definition) is 2. The van der Waals surface area contributed by atoms with E-state index < -0.39 is 95.2 Å². The van der Waals surface area contributed by atoms with E-state index in [0.29, 0.717) is 5.57 Å². The molecule has 0 aromatic carbocycles. The Kier molecular flexibility index (Phi) is 9.05. The van der Waals surface area contributed by atoms with Gasteiger partial charge in [-0.15, -0.1) is 0 Å². The number of aliphatic hydroxyl groups excluding tert-OH is 1. The number of fused-ring (bicyclic) bond motifs is 2. The van der Waals surface area contributed by atoms with Crippen LogP contribution in [0, 0.1) is 23.2 Å². The molecule has 0 aromatic rings. The summed E-state index contributed by atoms with van der Waals surface area (Å²) in [5, 5.41) is 23.6. The van der Waals surface area contributed by atoms with Crippen molar-refractivity contribution in [3.63, 3.8) is 0 Å². The van der Waals surface area contributed by atoms with Crippen LogP contribution in [0.15, 0.2) is 11.6 Å². The van der Waals surface area contributed by atoms with Gasteiger partial charge < -0.3 is 33.9 Å². The molecule has 40 heavy (non-hydrogen) atoms. The molecule has 0 spiro atoms. The van der Waals surface area contributed by atoms with E-state index in [4.69, 9.17) is 23.7 Å². The van der Waals surface area contributed by atoms with Gasteiger partial charge in [-0.1, -0.05) is 13.8 Å². The van der Waals surface area contributed by atoms with Gasteiger partial charge >= 0.3 is 29.8 Å². The Hall–Kier alpha value is -2.99. The molecule has 0 unspecified atom stereocenters. The van der Waals surface area contributed by atoms with E-state index >= 15 is 0 Å². The molecule has 224 valence electrons. The number of hydrogen-bond acceptors (Lipinski definition) is 12. The summed E-state index contributed by atoms with van der Waals surface area (Å²) >= 11 is 0. The Bertz CT molecular complexity index is 1080. The lowest BCUT2D eigenvalue weighted by Crippen LogP contribution is -2.69. The zero-order chi connectivity index (χ0) is 30.3. The van der Waals surface area contributed by atoms with E-state index in [2.05, 4.69) is 0 Å². The predicted octanol–water partition coefficient (Wildman–Crippen LogP) is 1.38. The molecule has 12 nitrogen and oxygen atoms in total. The van der Waals surface area contributed by atoms with E-state index in [0.717, 1.165) is 6.92 Å². The summed E-state index contributed by atoms with van der Waals surface area (Å²) in [6.45, 7) is 11.1. The van der Waals surface area contributed by atoms with Crippen LogP contribution in [0.2, 0.25) is 0 Å². The molecule has 2 N–H and O–H groups in total. The smallest absolute Gasteiger partial charge is 0.312 e. The van der Waals surface area contributed by atoms with E-state index in [1.165, 1.54) is 33.8 Å². The first-order chi connectivity index (χ1) is 18.4. The van der Waals surface area contributed by atoms with Gasteiger partial charge in [-0.3, -0.25) is 24.0 Å². The van der Waals surface area contributed by atoms with Crippen LogP contribution in [-0.4, -0.2) is 82.3 Å². The molecular formula is C28H40O12. The van der Waals surface area contributed by atoms with Crippen molar-refractivity contribution < 1.29 is 57.9 Å². The van der Waals surface area contributed by atoms with Gasteiger partial charge in [0.25, 0.3) is 0 Å². The standard InChI is InChI=1S/C28H40O12/c1-12-9-23-28(35,14(3)26(34)40-23)25(39-18(7)32)24-13(2)19(33)10-21(37-16(5)30)27(24,8)22(38-17(6)31)11-20(12)36-15(4)29/h9,13-14,19-25,33,35H,10-11H2,1-8H3/b12-9-/t13-,14-,19-,20+,21-,22-,23-,24+,25+,27+,28+/m0/s1. The maximum atomic E-state index is 12.9. The zero-order valence-corrected chi connectivity index (χ0v) is 24.2. The fourth-order valence-corrected chi connectivity index (χ4v) is 6.77. The molecule has 1 saturated heterocycles. The molecule has 0 aromatic heterocycles. The lowest BCUT2D eigenvalue weighted by atomic mass is 9.52. The normalized spacial score (nSPS) is 42.6. The fraction of sp³-hybridized carbons (Fsp3) is 0.750. The van der Waals surface area contributed by atoms with Crippen molar-refractivity contribution in [1.82, 2.24) is 0 Å². The third-order valence-corrected chi connectivity index (χ3v) is 8.83. The molecule has 0 radical (unpaired) electrons. The Balaban J connectivity index is 2.44.